The molecule has 3 rings (SSSR count). The Labute approximate surface area is 138 Å². The first kappa shape index (κ1) is 16.5. The number of benzene rings is 1. The number of nitrogens with one attached hydrogen (secondary N) is 1. The first-order chi connectivity index (χ1) is 11.0. The van der Waals surface area contributed by atoms with Crippen LogP contribution in [0.1, 0.15) is 48.1 Å². The zero-order valence-corrected chi connectivity index (χ0v) is 13.8. The number of hydrogen-bond acceptors (Lipinski definition) is 4. The van der Waals surface area contributed by atoms with Gasteiger partial charge in [0.15, 0.2) is 11.6 Å². The van der Waals surface area contributed by atoms with E-state index in [9.17, 15) is 13.9 Å². The number of aryl methyl sites for hydroxylation is 1. The summed E-state index contributed by atoms with van der Waals surface area (Å²) in [5, 5.41) is 16.8. The van der Waals surface area contributed by atoms with Crippen LogP contribution in [0.2, 0.25) is 0 Å². The van der Waals surface area contributed by atoms with Crippen molar-refractivity contribution >= 4 is 11.3 Å². The molecule has 6 heteroatoms. The van der Waals surface area contributed by atoms with E-state index in [1.54, 1.807) is 11.3 Å². The van der Waals surface area contributed by atoms with Crippen LogP contribution in [0.3, 0.4) is 0 Å². The van der Waals surface area contributed by atoms with Gasteiger partial charge in [-0.1, -0.05) is 18.9 Å². The number of halogens is 2. The van der Waals surface area contributed by atoms with Crippen molar-refractivity contribution in [3.8, 4) is 0 Å². The zero-order chi connectivity index (χ0) is 16.4. The van der Waals surface area contributed by atoms with Crippen molar-refractivity contribution in [2.45, 2.75) is 44.2 Å². The third kappa shape index (κ3) is 3.44. The molecule has 0 radical (unpaired) electrons. The maximum Gasteiger partial charge on any atom is 0.159 e. The van der Waals surface area contributed by atoms with Crippen LogP contribution in [-0.4, -0.2) is 16.6 Å². The summed E-state index contributed by atoms with van der Waals surface area (Å²) >= 11 is 1.63. The number of thiazole rings is 1. The summed E-state index contributed by atoms with van der Waals surface area (Å²) in [5.74, 6) is -1.84. The highest BCUT2D eigenvalue weighted by molar-refractivity contribution is 7.09. The quantitative estimate of drug-likeness (QED) is 0.871. The van der Waals surface area contributed by atoms with Crippen molar-refractivity contribution in [3.05, 3.63) is 51.5 Å². The molecule has 1 heterocycles. The number of aliphatic hydroxyl groups excluding tert-OH is 1. The summed E-state index contributed by atoms with van der Waals surface area (Å²) in [6.07, 6.45) is 3.30. The van der Waals surface area contributed by atoms with Crippen LogP contribution in [0, 0.1) is 18.6 Å². The number of aromatic nitrogens is 1. The first-order valence-corrected chi connectivity index (χ1v) is 8.69. The normalized spacial score (nSPS) is 18.3. The van der Waals surface area contributed by atoms with Crippen molar-refractivity contribution in [2.24, 2.45) is 0 Å². The molecule has 0 bridgehead atoms. The molecule has 2 aromatic rings. The van der Waals surface area contributed by atoms with E-state index in [-0.39, 0.29) is 12.1 Å². The minimum atomic E-state index is -0.937. The fraction of sp³-hybridized carbons (Fsp3) is 0.471. The predicted molar refractivity (Wildman–Crippen MR) is 86.3 cm³/mol. The smallest absolute Gasteiger partial charge is 0.159 e. The summed E-state index contributed by atoms with van der Waals surface area (Å²) in [5.41, 5.74) is 1.16. The molecule has 0 aliphatic heterocycles. The lowest BCUT2D eigenvalue weighted by Crippen LogP contribution is -2.42. The lowest BCUT2D eigenvalue weighted by molar-refractivity contribution is 0.155. The Morgan fingerprint density at radius 1 is 1.30 bits per heavy atom. The van der Waals surface area contributed by atoms with Crippen molar-refractivity contribution < 1.29 is 13.9 Å². The van der Waals surface area contributed by atoms with Gasteiger partial charge in [0, 0.05) is 17.6 Å². The molecule has 1 saturated carbocycles. The maximum absolute atomic E-state index is 13.3. The van der Waals surface area contributed by atoms with E-state index < -0.39 is 17.7 Å². The van der Waals surface area contributed by atoms with E-state index in [0.29, 0.717) is 5.56 Å². The van der Waals surface area contributed by atoms with Gasteiger partial charge >= 0.3 is 0 Å². The number of aliphatic hydroxyl groups is 1. The number of hydrogen-bond donors (Lipinski definition) is 2. The molecule has 1 atom stereocenters. The van der Waals surface area contributed by atoms with E-state index in [4.69, 9.17) is 0 Å². The predicted octanol–water partition coefficient (Wildman–Crippen LogP) is 3.82. The lowest BCUT2D eigenvalue weighted by Gasteiger charge is -2.29. The van der Waals surface area contributed by atoms with Gasteiger partial charge in [0.2, 0.25) is 0 Å². The average Bonchev–Trinajstić information content (AvgIpc) is 3.17. The molecule has 1 aliphatic carbocycles. The highest BCUT2D eigenvalue weighted by Crippen LogP contribution is 2.40. The van der Waals surface area contributed by atoms with Crippen molar-refractivity contribution in [2.75, 3.05) is 6.54 Å². The van der Waals surface area contributed by atoms with Gasteiger partial charge in [-0.2, -0.15) is 0 Å². The van der Waals surface area contributed by atoms with Crippen LogP contribution in [0.5, 0.6) is 0 Å². The second kappa shape index (κ2) is 6.63. The topological polar surface area (TPSA) is 45.1 Å². The van der Waals surface area contributed by atoms with E-state index in [2.05, 4.69) is 10.3 Å². The van der Waals surface area contributed by atoms with Gasteiger partial charge in [-0.3, -0.25) is 0 Å². The standard InChI is InChI=1S/C17H20F2N2OS/c1-11-10-23-16(21-11)17(6-2-3-7-17)20-9-15(22)12-4-5-13(18)14(19)8-12/h4-5,8,10,15,20,22H,2-3,6-7,9H2,1H3. The van der Waals surface area contributed by atoms with Gasteiger partial charge in [-0.05, 0) is 37.5 Å². The molecule has 0 saturated heterocycles. The average molecular weight is 338 g/mol. The number of nitrogens with zero attached hydrogens (tertiary/aromatic N) is 1. The first-order valence-electron chi connectivity index (χ1n) is 7.81. The number of rotatable bonds is 5. The molecule has 1 aromatic carbocycles. The fourth-order valence-corrected chi connectivity index (χ4v) is 4.18. The molecule has 0 amide bonds. The SMILES string of the molecule is Cc1csc(C2(NCC(O)c3ccc(F)c(F)c3)CCCC2)n1. The van der Waals surface area contributed by atoms with E-state index in [1.165, 1.54) is 6.07 Å². The second-order valence-corrected chi connectivity index (χ2v) is 7.01. The fourth-order valence-electron chi connectivity index (χ4n) is 3.15. The van der Waals surface area contributed by atoms with Gasteiger partial charge in [-0.15, -0.1) is 11.3 Å². The van der Waals surface area contributed by atoms with Crippen molar-refractivity contribution in [1.82, 2.24) is 10.3 Å². The van der Waals surface area contributed by atoms with Crippen LogP contribution in [0.25, 0.3) is 0 Å². The zero-order valence-electron chi connectivity index (χ0n) is 13.0. The van der Waals surface area contributed by atoms with Crippen molar-refractivity contribution in [1.29, 1.82) is 0 Å². The van der Waals surface area contributed by atoms with E-state index >= 15 is 0 Å². The molecule has 124 valence electrons. The molecule has 3 nitrogen and oxygen atoms in total. The summed E-state index contributed by atoms with van der Waals surface area (Å²) in [6.45, 7) is 2.25. The molecule has 1 fully saturated rings. The molecule has 23 heavy (non-hydrogen) atoms. The molecular formula is C17H20F2N2OS. The highest BCUT2D eigenvalue weighted by Gasteiger charge is 2.38. The van der Waals surface area contributed by atoms with Crippen LogP contribution < -0.4 is 5.32 Å². The van der Waals surface area contributed by atoms with Crippen molar-refractivity contribution in [3.63, 3.8) is 0 Å². The third-order valence-corrected chi connectivity index (χ3v) is 5.61. The highest BCUT2D eigenvalue weighted by atomic mass is 32.1. The second-order valence-electron chi connectivity index (χ2n) is 6.15. The van der Waals surface area contributed by atoms with Crippen LogP contribution >= 0.6 is 11.3 Å². The van der Waals surface area contributed by atoms with Crippen LogP contribution in [0.15, 0.2) is 23.6 Å². The van der Waals surface area contributed by atoms with Gasteiger partial charge in [0.05, 0.1) is 11.6 Å². The summed E-state index contributed by atoms with van der Waals surface area (Å²) in [4.78, 5) is 4.61. The maximum atomic E-state index is 13.3. The monoisotopic (exact) mass is 338 g/mol. The Bertz CT molecular complexity index is 683. The Morgan fingerprint density at radius 3 is 2.65 bits per heavy atom. The van der Waals surface area contributed by atoms with E-state index in [0.717, 1.165) is 48.5 Å². The molecular weight excluding hydrogens is 318 g/mol. The summed E-state index contributed by atoms with van der Waals surface area (Å²) in [7, 11) is 0. The van der Waals surface area contributed by atoms with Crippen LogP contribution in [0.4, 0.5) is 8.78 Å². The van der Waals surface area contributed by atoms with Gasteiger partial charge in [0.1, 0.15) is 5.01 Å². The van der Waals surface area contributed by atoms with E-state index in [1.807, 2.05) is 12.3 Å². The molecule has 0 spiro atoms. The Kier molecular flexibility index (Phi) is 4.75. The Morgan fingerprint density at radius 2 is 2.04 bits per heavy atom. The van der Waals surface area contributed by atoms with Gasteiger partial charge in [-0.25, -0.2) is 13.8 Å². The largest absolute Gasteiger partial charge is 0.387 e. The third-order valence-electron chi connectivity index (χ3n) is 4.45. The minimum absolute atomic E-state index is 0.210. The molecule has 1 unspecified atom stereocenters. The minimum Gasteiger partial charge on any atom is -0.387 e. The Balaban J connectivity index is 1.73. The summed E-state index contributed by atoms with van der Waals surface area (Å²) < 4.78 is 26.3. The van der Waals surface area contributed by atoms with Crippen LogP contribution in [-0.2, 0) is 5.54 Å². The van der Waals surface area contributed by atoms with Gasteiger partial charge in [0.25, 0.3) is 0 Å². The van der Waals surface area contributed by atoms with Gasteiger partial charge < -0.3 is 10.4 Å². The molecule has 1 aliphatic rings. The molecule has 2 N–H and O–H groups in total. The Hall–Kier alpha value is -1.37. The summed E-state index contributed by atoms with van der Waals surface area (Å²) in [6, 6.07) is 3.51. The lowest BCUT2D eigenvalue weighted by atomic mass is 9.97. The molecule has 1 aromatic heterocycles.